The number of anilines is 1. The second-order valence-electron chi connectivity index (χ2n) is 5.41. The average Bonchev–Trinajstić information content (AvgIpc) is 2.80. The van der Waals surface area contributed by atoms with Gasteiger partial charge in [-0.05, 0) is 49.6 Å². The van der Waals surface area contributed by atoms with Crippen LogP contribution in [0.3, 0.4) is 0 Å². The molecule has 3 heteroatoms. The lowest BCUT2D eigenvalue weighted by molar-refractivity contribution is 0.168. The Morgan fingerprint density at radius 3 is 2.72 bits per heavy atom. The van der Waals surface area contributed by atoms with Crippen molar-refractivity contribution in [2.75, 3.05) is 25.4 Å². The number of nitrogen functional groups attached to an aromatic ring is 1. The predicted molar refractivity (Wildman–Crippen MR) is 75.8 cm³/mol. The number of ether oxygens (including phenoxy) is 1. The minimum absolute atomic E-state index is 0.736. The van der Waals surface area contributed by atoms with Crippen molar-refractivity contribution in [1.29, 1.82) is 0 Å². The smallest absolute Gasteiger partial charge is 0.119 e. The van der Waals surface area contributed by atoms with Crippen LogP contribution >= 0.6 is 0 Å². The zero-order valence-corrected chi connectivity index (χ0v) is 11.4. The molecular weight excluding hydrogens is 224 g/mol. The van der Waals surface area contributed by atoms with Gasteiger partial charge in [0, 0.05) is 18.3 Å². The van der Waals surface area contributed by atoms with Crippen molar-refractivity contribution in [1.82, 2.24) is 4.90 Å². The van der Waals surface area contributed by atoms with E-state index in [0.717, 1.165) is 36.5 Å². The average molecular weight is 248 g/mol. The van der Waals surface area contributed by atoms with Crippen LogP contribution in [0.25, 0.3) is 0 Å². The van der Waals surface area contributed by atoms with Gasteiger partial charge >= 0.3 is 0 Å². The fraction of sp³-hybridized carbons (Fsp3) is 0.600. The molecule has 1 aromatic rings. The molecule has 0 spiro atoms. The highest BCUT2D eigenvalue weighted by atomic mass is 16.5. The van der Waals surface area contributed by atoms with Crippen LogP contribution in [-0.4, -0.2) is 30.6 Å². The van der Waals surface area contributed by atoms with E-state index in [1.807, 2.05) is 24.3 Å². The maximum absolute atomic E-state index is 5.75. The fourth-order valence-corrected chi connectivity index (χ4v) is 2.73. The van der Waals surface area contributed by atoms with Crippen LogP contribution in [0.5, 0.6) is 5.75 Å². The number of nitrogens with two attached hydrogens (primary N) is 1. The van der Waals surface area contributed by atoms with Crippen LogP contribution in [0.2, 0.25) is 0 Å². The van der Waals surface area contributed by atoms with Gasteiger partial charge in [-0.2, -0.15) is 0 Å². The number of hydrogen-bond acceptors (Lipinski definition) is 3. The van der Waals surface area contributed by atoms with Crippen molar-refractivity contribution in [3.63, 3.8) is 0 Å². The Bertz CT molecular complexity index is 361. The monoisotopic (exact) mass is 248 g/mol. The Morgan fingerprint density at radius 1 is 1.33 bits per heavy atom. The molecule has 2 N–H and O–H groups in total. The van der Waals surface area contributed by atoms with E-state index >= 15 is 0 Å². The van der Waals surface area contributed by atoms with Crippen molar-refractivity contribution in [2.24, 2.45) is 5.92 Å². The topological polar surface area (TPSA) is 38.5 Å². The SMILES string of the molecule is CC(C)C1CCCN1CCOc1ccc(N)cc1. The second-order valence-corrected chi connectivity index (χ2v) is 5.41. The number of rotatable bonds is 5. The van der Waals surface area contributed by atoms with Gasteiger partial charge in [0.25, 0.3) is 0 Å². The van der Waals surface area contributed by atoms with Gasteiger partial charge in [-0.25, -0.2) is 0 Å². The summed E-state index contributed by atoms with van der Waals surface area (Å²) in [4.78, 5) is 2.56. The Labute approximate surface area is 110 Å². The first-order chi connectivity index (χ1) is 8.66. The van der Waals surface area contributed by atoms with E-state index < -0.39 is 0 Å². The van der Waals surface area contributed by atoms with Crippen molar-refractivity contribution < 1.29 is 4.74 Å². The standard InChI is InChI=1S/C15H24N2O/c1-12(2)15-4-3-9-17(15)10-11-18-14-7-5-13(16)6-8-14/h5-8,12,15H,3-4,9-11,16H2,1-2H3. The summed E-state index contributed by atoms with van der Waals surface area (Å²) < 4.78 is 5.75. The first-order valence-corrected chi connectivity index (χ1v) is 6.89. The van der Waals surface area contributed by atoms with Crippen LogP contribution in [0.15, 0.2) is 24.3 Å². The molecule has 1 aliphatic rings. The molecule has 1 heterocycles. The van der Waals surface area contributed by atoms with Gasteiger partial charge in [-0.1, -0.05) is 13.8 Å². The molecule has 0 saturated carbocycles. The Morgan fingerprint density at radius 2 is 2.06 bits per heavy atom. The molecule has 18 heavy (non-hydrogen) atoms. The van der Waals surface area contributed by atoms with E-state index in [0.29, 0.717) is 0 Å². The summed E-state index contributed by atoms with van der Waals surface area (Å²) in [6, 6.07) is 8.35. The van der Waals surface area contributed by atoms with Gasteiger partial charge in [0.05, 0.1) is 0 Å². The third kappa shape index (κ3) is 3.39. The zero-order valence-electron chi connectivity index (χ0n) is 11.4. The molecule has 1 atom stereocenters. The molecule has 100 valence electrons. The minimum atomic E-state index is 0.736. The van der Waals surface area contributed by atoms with Crippen molar-refractivity contribution in [3.05, 3.63) is 24.3 Å². The molecular formula is C15H24N2O. The highest BCUT2D eigenvalue weighted by molar-refractivity contribution is 5.41. The summed E-state index contributed by atoms with van der Waals surface area (Å²) >= 11 is 0. The quantitative estimate of drug-likeness (QED) is 0.814. The molecule has 3 nitrogen and oxygen atoms in total. The molecule has 1 saturated heterocycles. The van der Waals surface area contributed by atoms with E-state index in [4.69, 9.17) is 10.5 Å². The number of benzene rings is 1. The summed E-state index contributed by atoms with van der Waals surface area (Å²) in [7, 11) is 0. The van der Waals surface area contributed by atoms with Gasteiger partial charge in [0.1, 0.15) is 12.4 Å². The van der Waals surface area contributed by atoms with E-state index in [9.17, 15) is 0 Å². The van der Waals surface area contributed by atoms with E-state index in [1.54, 1.807) is 0 Å². The van der Waals surface area contributed by atoms with Gasteiger partial charge in [0.2, 0.25) is 0 Å². The van der Waals surface area contributed by atoms with E-state index in [-0.39, 0.29) is 0 Å². The molecule has 1 aromatic carbocycles. The first-order valence-electron chi connectivity index (χ1n) is 6.89. The lowest BCUT2D eigenvalue weighted by Gasteiger charge is -2.27. The molecule has 0 radical (unpaired) electrons. The molecule has 2 rings (SSSR count). The van der Waals surface area contributed by atoms with Crippen LogP contribution in [0, 0.1) is 5.92 Å². The highest BCUT2D eigenvalue weighted by Crippen LogP contribution is 2.23. The summed E-state index contributed by atoms with van der Waals surface area (Å²) in [6.07, 6.45) is 2.66. The molecule has 0 amide bonds. The van der Waals surface area contributed by atoms with Crippen molar-refractivity contribution >= 4 is 5.69 Å². The van der Waals surface area contributed by atoms with E-state index in [2.05, 4.69) is 18.7 Å². The zero-order chi connectivity index (χ0) is 13.0. The summed E-state index contributed by atoms with van der Waals surface area (Å²) in [5.74, 6) is 1.65. The maximum atomic E-state index is 5.75. The molecule has 1 aliphatic heterocycles. The van der Waals surface area contributed by atoms with Crippen LogP contribution < -0.4 is 10.5 Å². The minimum Gasteiger partial charge on any atom is -0.492 e. The van der Waals surface area contributed by atoms with Gasteiger partial charge in [-0.3, -0.25) is 4.90 Å². The fourth-order valence-electron chi connectivity index (χ4n) is 2.73. The summed E-state index contributed by atoms with van der Waals surface area (Å²) in [5, 5.41) is 0. The first kappa shape index (κ1) is 13.2. The molecule has 0 aliphatic carbocycles. The third-order valence-corrected chi connectivity index (χ3v) is 3.71. The summed E-state index contributed by atoms with van der Waals surface area (Å²) in [5.41, 5.74) is 6.42. The number of likely N-dealkylation sites (tertiary alicyclic amines) is 1. The van der Waals surface area contributed by atoms with Crippen LogP contribution in [0.4, 0.5) is 5.69 Å². The molecule has 1 unspecified atom stereocenters. The summed E-state index contributed by atoms with van der Waals surface area (Å²) in [6.45, 7) is 7.61. The largest absolute Gasteiger partial charge is 0.492 e. The Hall–Kier alpha value is -1.22. The van der Waals surface area contributed by atoms with Gasteiger partial charge in [-0.15, -0.1) is 0 Å². The number of nitrogens with zero attached hydrogens (tertiary/aromatic N) is 1. The number of hydrogen-bond donors (Lipinski definition) is 1. The molecule has 0 bridgehead atoms. The van der Waals surface area contributed by atoms with Crippen LogP contribution in [0.1, 0.15) is 26.7 Å². The highest BCUT2D eigenvalue weighted by Gasteiger charge is 2.26. The normalized spacial score (nSPS) is 20.5. The van der Waals surface area contributed by atoms with Crippen LogP contribution in [-0.2, 0) is 0 Å². The molecule has 0 aromatic heterocycles. The second kappa shape index (κ2) is 6.10. The lowest BCUT2D eigenvalue weighted by Crippen LogP contribution is -2.36. The van der Waals surface area contributed by atoms with Gasteiger partial charge in [0.15, 0.2) is 0 Å². The van der Waals surface area contributed by atoms with Crippen molar-refractivity contribution in [2.45, 2.75) is 32.7 Å². The lowest BCUT2D eigenvalue weighted by atomic mass is 10.0. The Kier molecular flexibility index (Phi) is 4.48. The predicted octanol–water partition coefficient (Wildman–Crippen LogP) is 2.77. The Balaban J connectivity index is 1.76. The molecule has 1 fully saturated rings. The maximum Gasteiger partial charge on any atom is 0.119 e. The van der Waals surface area contributed by atoms with Crippen molar-refractivity contribution in [3.8, 4) is 5.75 Å². The third-order valence-electron chi connectivity index (χ3n) is 3.71. The van der Waals surface area contributed by atoms with Gasteiger partial charge < -0.3 is 10.5 Å². The van der Waals surface area contributed by atoms with E-state index in [1.165, 1.54) is 19.4 Å².